The monoisotopic (exact) mass is 275 g/mol. The summed E-state index contributed by atoms with van der Waals surface area (Å²) in [6.45, 7) is 0.596. The molecule has 20 heavy (non-hydrogen) atoms. The SMILES string of the molecule is O=C(N[C@@H]1C[C@H]2C[C@@H]1C[C@H]2CO)OCc1ccccc1. The van der Waals surface area contributed by atoms with Gasteiger partial charge in [-0.15, -0.1) is 0 Å². The number of ether oxygens (including phenoxy) is 1. The van der Waals surface area contributed by atoms with Crippen LogP contribution in [0.5, 0.6) is 0 Å². The van der Waals surface area contributed by atoms with Crippen LogP contribution in [0.3, 0.4) is 0 Å². The summed E-state index contributed by atoms with van der Waals surface area (Å²) in [4.78, 5) is 11.8. The lowest BCUT2D eigenvalue weighted by molar-refractivity contribution is 0.124. The topological polar surface area (TPSA) is 58.6 Å². The van der Waals surface area contributed by atoms with Gasteiger partial charge in [0.1, 0.15) is 6.61 Å². The van der Waals surface area contributed by atoms with Crippen LogP contribution in [0.1, 0.15) is 24.8 Å². The lowest BCUT2D eigenvalue weighted by Crippen LogP contribution is -2.40. The minimum atomic E-state index is -0.327. The highest BCUT2D eigenvalue weighted by atomic mass is 16.5. The van der Waals surface area contributed by atoms with Crippen LogP contribution in [0.2, 0.25) is 0 Å². The van der Waals surface area contributed by atoms with Crippen LogP contribution in [-0.4, -0.2) is 23.8 Å². The lowest BCUT2D eigenvalue weighted by Gasteiger charge is -2.27. The molecule has 2 aliphatic rings. The van der Waals surface area contributed by atoms with Gasteiger partial charge in [-0.1, -0.05) is 30.3 Å². The fourth-order valence-electron chi connectivity index (χ4n) is 3.71. The van der Waals surface area contributed by atoms with Crippen molar-refractivity contribution in [3.05, 3.63) is 35.9 Å². The molecule has 0 saturated heterocycles. The van der Waals surface area contributed by atoms with Gasteiger partial charge < -0.3 is 15.2 Å². The van der Waals surface area contributed by atoms with E-state index in [9.17, 15) is 9.90 Å². The van der Waals surface area contributed by atoms with Gasteiger partial charge in [-0.05, 0) is 42.6 Å². The number of fused-ring (bicyclic) bond motifs is 2. The molecule has 2 aliphatic carbocycles. The van der Waals surface area contributed by atoms with Gasteiger partial charge in [0.05, 0.1) is 0 Å². The van der Waals surface area contributed by atoms with E-state index < -0.39 is 0 Å². The molecule has 0 heterocycles. The van der Waals surface area contributed by atoms with Crippen molar-refractivity contribution in [2.24, 2.45) is 17.8 Å². The quantitative estimate of drug-likeness (QED) is 0.886. The Kier molecular flexibility index (Phi) is 3.92. The van der Waals surface area contributed by atoms with E-state index in [0.29, 0.717) is 24.4 Å². The van der Waals surface area contributed by atoms with Crippen LogP contribution in [0, 0.1) is 17.8 Å². The molecular formula is C16H21NO3. The summed E-state index contributed by atoms with van der Waals surface area (Å²) in [5.74, 6) is 1.53. The highest BCUT2D eigenvalue weighted by Crippen LogP contribution is 2.48. The van der Waals surface area contributed by atoms with E-state index in [4.69, 9.17) is 4.74 Å². The fraction of sp³-hybridized carbons (Fsp3) is 0.562. The number of alkyl carbamates (subject to hydrolysis) is 1. The molecule has 4 heteroatoms. The smallest absolute Gasteiger partial charge is 0.407 e. The third kappa shape index (κ3) is 2.80. The van der Waals surface area contributed by atoms with Crippen LogP contribution in [-0.2, 0) is 11.3 Å². The predicted octanol–water partition coefficient (Wildman–Crippen LogP) is 2.32. The zero-order chi connectivity index (χ0) is 13.9. The largest absolute Gasteiger partial charge is 0.445 e. The molecule has 0 aromatic heterocycles. The standard InChI is InChI=1S/C16H21NO3/c18-9-14-7-13-6-12(14)8-15(13)17-16(19)20-10-11-4-2-1-3-5-11/h1-5,12-15,18H,6-10H2,(H,17,19)/t12-,13-,14+,15-/m1/s1. The normalized spacial score (nSPS) is 31.2. The zero-order valence-electron chi connectivity index (χ0n) is 11.5. The molecule has 1 aromatic carbocycles. The number of aliphatic hydroxyl groups excluding tert-OH is 1. The molecule has 2 bridgehead atoms. The Hall–Kier alpha value is -1.55. The molecule has 2 fully saturated rings. The van der Waals surface area contributed by atoms with Gasteiger partial charge in [0.15, 0.2) is 0 Å². The molecule has 1 aromatic rings. The second kappa shape index (κ2) is 5.83. The first-order valence-electron chi connectivity index (χ1n) is 7.34. The molecule has 0 aliphatic heterocycles. The van der Waals surface area contributed by atoms with E-state index in [-0.39, 0.29) is 18.7 Å². The summed E-state index contributed by atoms with van der Waals surface area (Å²) in [6, 6.07) is 9.92. The summed E-state index contributed by atoms with van der Waals surface area (Å²) in [7, 11) is 0. The lowest BCUT2D eigenvalue weighted by atomic mass is 9.86. The number of carbonyl (C=O) groups excluding carboxylic acids is 1. The molecule has 0 radical (unpaired) electrons. The van der Waals surface area contributed by atoms with Crippen LogP contribution in [0.25, 0.3) is 0 Å². The third-order valence-corrected chi connectivity index (χ3v) is 4.75. The van der Waals surface area contributed by atoms with Gasteiger partial charge in [0.2, 0.25) is 0 Å². The van der Waals surface area contributed by atoms with Gasteiger partial charge in [-0.2, -0.15) is 0 Å². The molecule has 108 valence electrons. The Morgan fingerprint density at radius 3 is 2.65 bits per heavy atom. The highest BCUT2D eigenvalue weighted by Gasteiger charge is 2.45. The number of benzene rings is 1. The number of rotatable bonds is 4. The van der Waals surface area contributed by atoms with Crippen molar-refractivity contribution in [1.29, 1.82) is 0 Å². The summed E-state index contributed by atoms with van der Waals surface area (Å²) in [5.41, 5.74) is 0.996. The molecule has 3 rings (SSSR count). The average Bonchev–Trinajstić information content (AvgIpc) is 3.05. The van der Waals surface area contributed by atoms with Crippen molar-refractivity contribution in [2.75, 3.05) is 6.61 Å². The molecule has 4 nitrogen and oxygen atoms in total. The Balaban J connectivity index is 1.44. The van der Waals surface area contributed by atoms with Crippen molar-refractivity contribution in [3.63, 3.8) is 0 Å². The summed E-state index contributed by atoms with van der Waals surface area (Å²) < 4.78 is 5.25. The first-order valence-corrected chi connectivity index (χ1v) is 7.34. The Bertz CT molecular complexity index is 462. The van der Waals surface area contributed by atoms with Crippen molar-refractivity contribution in [2.45, 2.75) is 31.9 Å². The van der Waals surface area contributed by atoms with Crippen molar-refractivity contribution in [1.82, 2.24) is 5.32 Å². The Morgan fingerprint density at radius 2 is 2.00 bits per heavy atom. The predicted molar refractivity (Wildman–Crippen MR) is 75.0 cm³/mol. The first kappa shape index (κ1) is 13.4. The van der Waals surface area contributed by atoms with Gasteiger partial charge in [0, 0.05) is 12.6 Å². The van der Waals surface area contributed by atoms with E-state index in [1.807, 2.05) is 30.3 Å². The first-order chi connectivity index (χ1) is 9.76. The number of aliphatic hydroxyl groups is 1. The molecule has 2 saturated carbocycles. The van der Waals surface area contributed by atoms with E-state index in [1.165, 1.54) is 0 Å². The Labute approximate surface area is 119 Å². The molecule has 0 spiro atoms. The minimum absolute atomic E-state index is 0.228. The number of hydrogen-bond donors (Lipinski definition) is 2. The van der Waals surface area contributed by atoms with Gasteiger partial charge in [0.25, 0.3) is 0 Å². The van der Waals surface area contributed by atoms with E-state index >= 15 is 0 Å². The molecule has 2 N–H and O–H groups in total. The Morgan fingerprint density at radius 1 is 1.20 bits per heavy atom. The van der Waals surface area contributed by atoms with Gasteiger partial charge in [-0.25, -0.2) is 4.79 Å². The van der Waals surface area contributed by atoms with E-state index in [2.05, 4.69) is 5.32 Å². The molecular weight excluding hydrogens is 254 g/mol. The third-order valence-electron chi connectivity index (χ3n) is 4.75. The van der Waals surface area contributed by atoms with Gasteiger partial charge >= 0.3 is 6.09 Å². The van der Waals surface area contributed by atoms with Crippen molar-refractivity contribution < 1.29 is 14.6 Å². The van der Waals surface area contributed by atoms with Gasteiger partial charge in [-0.3, -0.25) is 0 Å². The van der Waals surface area contributed by atoms with Crippen LogP contribution >= 0.6 is 0 Å². The van der Waals surface area contributed by atoms with Crippen LogP contribution in [0.4, 0.5) is 4.79 Å². The van der Waals surface area contributed by atoms with Crippen molar-refractivity contribution >= 4 is 6.09 Å². The highest BCUT2D eigenvalue weighted by molar-refractivity contribution is 5.67. The zero-order valence-corrected chi connectivity index (χ0v) is 11.5. The average molecular weight is 275 g/mol. The summed E-state index contributed by atoms with van der Waals surface area (Å²) in [5, 5.41) is 12.2. The van der Waals surface area contributed by atoms with E-state index in [1.54, 1.807) is 0 Å². The number of carbonyl (C=O) groups is 1. The molecule has 4 atom stereocenters. The second-order valence-corrected chi connectivity index (χ2v) is 5.98. The van der Waals surface area contributed by atoms with E-state index in [0.717, 1.165) is 24.8 Å². The summed E-state index contributed by atoms with van der Waals surface area (Å²) in [6.07, 6.45) is 2.82. The minimum Gasteiger partial charge on any atom is -0.445 e. The maximum absolute atomic E-state index is 11.8. The van der Waals surface area contributed by atoms with Crippen molar-refractivity contribution in [3.8, 4) is 0 Å². The number of hydrogen-bond acceptors (Lipinski definition) is 3. The molecule has 1 amide bonds. The second-order valence-electron chi connectivity index (χ2n) is 5.98. The van der Waals surface area contributed by atoms with Crippen LogP contribution in [0.15, 0.2) is 30.3 Å². The summed E-state index contributed by atoms with van der Waals surface area (Å²) >= 11 is 0. The maximum atomic E-state index is 11.8. The maximum Gasteiger partial charge on any atom is 0.407 e. The fourth-order valence-corrected chi connectivity index (χ4v) is 3.71. The number of nitrogens with one attached hydrogen (secondary N) is 1. The number of amides is 1. The molecule has 0 unspecified atom stereocenters. The van der Waals surface area contributed by atoms with Crippen LogP contribution < -0.4 is 5.32 Å².